The predicted molar refractivity (Wildman–Crippen MR) is 166 cm³/mol. The number of allylic oxidation sites excluding steroid dienone is 2. The molecule has 0 aromatic heterocycles. The molecule has 1 aliphatic carbocycles. The van der Waals surface area contributed by atoms with Gasteiger partial charge in [-0.15, -0.1) is 0 Å². The fourth-order valence-corrected chi connectivity index (χ4v) is 5.69. The summed E-state index contributed by atoms with van der Waals surface area (Å²) >= 11 is 1.71. The van der Waals surface area contributed by atoms with Gasteiger partial charge in [0.2, 0.25) is 0 Å². The quantitative estimate of drug-likeness (QED) is 0.255. The minimum absolute atomic E-state index is 0. The summed E-state index contributed by atoms with van der Waals surface area (Å²) in [6.45, 7) is 11.3. The van der Waals surface area contributed by atoms with Crippen molar-refractivity contribution in [3.63, 3.8) is 0 Å². The molecular formula is C33H41NO4SW. The average molecular weight is 732 g/mol. The Morgan fingerprint density at radius 2 is 1.70 bits per heavy atom. The van der Waals surface area contributed by atoms with Crippen molar-refractivity contribution in [2.75, 3.05) is 7.11 Å². The molecule has 5 nitrogen and oxygen atoms in total. The van der Waals surface area contributed by atoms with Gasteiger partial charge in [-0.05, 0) is 89.8 Å². The maximum atomic E-state index is 10.5. The van der Waals surface area contributed by atoms with Crippen LogP contribution in [0.3, 0.4) is 0 Å². The van der Waals surface area contributed by atoms with Gasteiger partial charge in [0.1, 0.15) is 5.75 Å². The molecule has 0 saturated heterocycles. The normalized spacial score (nSPS) is 14.3. The van der Waals surface area contributed by atoms with Crippen molar-refractivity contribution in [3.8, 4) is 5.75 Å². The van der Waals surface area contributed by atoms with E-state index in [1.807, 2.05) is 13.0 Å². The molecule has 1 saturated carbocycles. The van der Waals surface area contributed by atoms with E-state index in [0.29, 0.717) is 11.3 Å². The molecule has 1 aliphatic rings. The molecule has 0 bridgehead atoms. The second-order valence-corrected chi connectivity index (χ2v) is 11.6. The van der Waals surface area contributed by atoms with Crippen molar-refractivity contribution in [2.45, 2.75) is 66.2 Å². The number of hydrogen-bond acceptors (Lipinski definition) is 3. The number of carbonyl (C=O) groups is 1. The molecule has 3 aromatic rings. The van der Waals surface area contributed by atoms with Crippen LogP contribution in [-0.4, -0.2) is 23.7 Å². The summed E-state index contributed by atoms with van der Waals surface area (Å²) < 4.78 is 4.78. The number of thioether (sulfide) groups is 1. The third-order valence-electron chi connectivity index (χ3n) is 7.16. The first-order chi connectivity index (χ1) is 18.1. The largest absolute Gasteiger partial charge is 2.00 e. The Morgan fingerprint density at radius 3 is 2.27 bits per heavy atom. The Hall–Kier alpha value is -2.53. The summed E-state index contributed by atoms with van der Waals surface area (Å²) in [4.78, 5) is 11.8. The van der Waals surface area contributed by atoms with Crippen molar-refractivity contribution in [1.82, 2.24) is 0 Å². The van der Waals surface area contributed by atoms with Crippen LogP contribution in [-0.2, 0) is 21.1 Å². The van der Waals surface area contributed by atoms with E-state index in [2.05, 4.69) is 69.5 Å². The van der Waals surface area contributed by atoms with Crippen molar-refractivity contribution < 1.29 is 41.2 Å². The molecular weight excluding hydrogens is 690 g/mol. The number of carboxylic acid groups (broad SMARTS) is 1. The maximum Gasteiger partial charge on any atom is 2.00 e. The predicted octanol–water partition coefficient (Wildman–Crippen LogP) is 9.59. The molecule has 0 atom stereocenters. The van der Waals surface area contributed by atoms with E-state index in [4.69, 9.17) is 15.6 Å². The van der Waals surface area contributed by atoms with E-state index in [0.717, 1.165) is 0 Å². The number of benzene rings is 3. The van der Waals surface area contributed by atoms with Crippen LogP contribution in [0.1, 0.15) is 87.7 Å². The molecule has 0 aliphatic heterocycles. The molecule has 40 heavy (non-hydrogen) atoms. The van der Waals surface area contributed by atoms with E-state index >= 15 is 0 Å². The fraction of sp³-hybridized carbons (Fsp3) is 0.364. The number of ether oxygens (including phenoxy) is 1. The van der Waals surface area contributed by atoms with Crippen molar-refractivity contribution in [3.05, 3.63) is 94.1 Å². The van der Waals surface area contributed by atoms with Gasteiger partial charge in [0.15, 0.2) is 0 Å². The molecule has 4 N–H and O–H groups in total. The zero-order valence-electron chi connectivity index (χ0n) is 24.3. The molecule has 0 spiro atoms. The van der Waals surface area contributed by atoms with Crippen molar-refractivity contribution >= 4 is 39.1 Å². The van der Waals surface area contributed by atoms with Gasteiger partial charge in [0, 0.05) is 0 Å². The van der Waals surface area contributed by atoms with Gasteiger partial charge in [0.25, 0.3) is 0 Å². The molecule has 0 amide bonds. The van der Waals surface area contributed by atoms with Gasteiger partial charge in [0.05, 0.1) is 12.7 Å². The van der Waals surface area contributed by atoms with Gasteiger partial charge >= 0.3 is 27.0 Å². The van der Waals surface area contributed by atoms with Crippen LogP contribution in [0.25, 0.3) is 21.4 Å². The smallest absolute Gasteiger partial charge is 0.696 e. The summed E-state index contributed by atoms with van der Waals surface area (Å²) in [5.74, 6) is -0.0462. The minimum atomic E-state index is -1.02. The molecule has 214 valence electrons. The zero-order valence-corrected chi connectivity index (χ0v) is 28.0. The number of carboxylic acids is 1. The number of aromatic carboxylic acids is 1. The Balaban J connectivity index is 0.000000486. The molecule has 0 unspecified atom stereocenters. The van der Waals surface area contributed by atoms with Crippen LogP contribution >= 0.6 is 11.8 Å². The topological polar surface area (TPSA) is 102 Å². The average Bonchev–Trinajstić information content (AvgIpc) is 2.89. The molecule has 0 radical (unpaired) electrons. The van der Waals surface area contributed by atoms with E-state index in [-0.39, 0.29) is 43.5 Å². The van der Waals surface area contributed by atoms with Gasteiger partial charge in [-0.3, -0.25) is 6.08 Å². The SMILES string of the molecule is CC=[C-]SC(=C(C)C)c1cccc2c(C3CCC(C)(C)CC3)cccc12.COc1cc(C(=O)O)ccc1[NH-].O.[W+2]. The minimum Gasteiger partial charge on any atom is -0.696 e. The molecule has 0 heterocycles. The summed E-state index contributed by atoms with van der Waals surface area (Å²) in [6, 6.07) is 17.8. The van der Waals surface area contributed by atoms with Gasteiger partial charge in [-0.25, -0.2) is 4.79 Å². The summed E-state index contributed by atoms with van der Waals surface area (Å²) in [6.07, 6.45) is 7.28. The Kier molecular flexibility index (Phi) is 14.2. The van der Waals surface area contributed by atoms with Gasteiger partial charge in [-0.1, -0.05) is 74.5 Å². The number of fused-ring (bicyclic) bond motifs is 1. The van der Waals surface area contributed by atoms with Crippen LogP contribution in [0.4, 0.5) is 5.69 Å². The molecule has 3 aromatic carbocycles. The third kappa shape index (κ3) is 8.99. The number of nitrogens with one attached hydrogen (secondary N) is 1. The first-order valence-electron chi connectivity index (χ1n) is 13.1. The fourth-order valence-electron chi connectivity index (χ4n) is 4.97. The number of hydrogen-bond donors (Lipinski definition) is 1. The van der Waals surface area contributed by atoms with Crippen LogP contribution in [0, 0.1) is 10.8 Å². The summed E-state index contributed by atoms with van der Waals surface area (Å²) in [5.41, 5.74) is 12.4. The number of methoxy groups -OCH3 is 1. The van der Waals surface area contributed by atoms with Crippen LogP contribution in [0.5, 0.6) is 5.75 Å². The van der Waals surface area contributed by atoms with Crippen molar-refractivity contribution in [1.29, 1.82) is 0 Å². The summed E-state index contributed by atoms with van der Waals surface area (Å²) in [7, 11) is 1.40. The van der Waals surface area contributed by atoms with Crippen LogP contribution < -0.4 is 4.74 Å². The van der Waals surface area contributed by atoms with E-state index in [1.54, 1.807) is 17.3 Å². The van der Waals surface area contributed by atoms with Crippen LogP contribution in [0.15, 0.2) is 66.2 Å². The molecule has 1 fully saturated rings. The van der Waals surface area contributed by atoms with E-state index < -0.39 is 5.97 Å². The standard InChI is InChI=1S/C25H31S.C8H8NO3.H2O.W/c1-6-17-26-24(18(2)3)23-12-8-10-21-20(9-7-11-22(21)23)19-13-15-25(4,5)16-14-19;1-12-7-4-5(8(10)11)2-3-6(7)9;;/h6-12,19H,13-16H2,1-5H3;2-4,9H,1H3,(H,10,11);1H2;/q2*-1;;+2. The second-order valence-electron chi connectivity index (χ2n) is 10.7. The van der Waals surface area contributed by atoms with Gasteiger partial charge in [-0.2, -0.15) is 0 Å². The Morgan fingerprint density at radius 1 is 1.07 bits per heavy atom. The Bertz CT molecular complexity index is 1340. The monoisotopic (exact) mass is 731 g/mol. The first-order valence-corrected chi connectivity index (χ1v) is 13.9. The van der Waals surface area contributed by atoms with Gasteiger partial charge < -0.3 is 38.2 Å². The summed E-state index contributed by atoms with van der Waals surface area (Å²) in [5, 5.41) is 14.7. The van der Waals surface area contributed by atoms with Crippen molar-refractivity contribution in [2.24, 2.45) is 5.41 Å². The van der Waals surface area contributed by atoms with E-state index in [9.17, 15) is 4.79 Å². The molecule has 7 heteroatoms. The second kappa shape index (κ2) is 16.0. The first kappa shape index (κ1) is 35.5. The molecule has 4 rings (SSSR count). The zero-order chi connectivity index (χ0) is 27.9. The number of rotatable bonds is 6. The maximum absolute atomic E-state index is 10.5. The van der Waals surface area contributed by atoms with E-state index in [1.165, 1.54) is 77.8 Å². The Labute approximate surface area is 257 Å². The van der Waals surface area contributed by atoms with Crippen LogP contribution in [0.2, 0.25) is 0 Å². The third-order valence-corrected chi connectivity index (χ3v) is 8.35.